The van der Waals surface area contributed by atoms with Gasteiger partial charge in [0, 0.05) is 24.2 Å². The normalized spacial score (nSPS) is 14.3. The summed E-state index contributed by atoms with van der Waals surface area (Å²) in [6.07, 6.45) is -2.49. The third-order valence-corrected chi connectivity index (χ3v) is 9.43. The van der Waals surface area contributed by atoms with Gasteiger partial charge in [0.2, 0.25) is 0 Å². The maximum absolute atomic E-state index is 13.4. The molecule has 1 saturated carbocycles. The molecule has 0 spiro atoms. The van der Waals surface area contributed by atoms with Crippen molar-refractivity contribution in [3.8, 4) is 5.69 Å². The zero-order valence-corrected chi connectivity index (χ0v) is 22.6. The molecule has 1 fully saturated rings. The average molecular weight is 583 g/mol. The van der Waals surface area contributed by atoms with Crippen LogP contribution in [0.2, 0.25) is 0 Å². The molecule has 13 heteroatoms. The summed E-state index contributed by atoms with van der Waals surface area (Å²) in [7, 11) is -7.02. The van der Waals surface area contributed by atoms with Gasteiger partial charge in [-0.3, -0.25) is 14.2 Å². The highest BCUT2D eigenvalue weighted by atomic mass is 32.2. The topological polar surface area (TPSA) is 119 Å². The van der Waals surface area contributed by atoms with Gasteiger partial charge in [-0.1, -0.05) is 18.2 Å². The van der Waals surface area contributed by atoms with Gasteiger partial charge in [-0.2, -0.15) is 13.2 Å². The molecule has 1 aromatic heterocycles. The van der Waals surface area contributed by atoms with E-state index in [0.717, 1.165) is 35.1 Å². The van der Waals surface area contributed by atoms with Crippen LogP contribution in [0.15, 0.2) is 64.3 Å². The van der Waals surface area contributed by atoms with E-state index in [4.69, 9.17) is 0 Å². The van der Waals surface area contributed by atoms with E-state index < -0.39 is 54.2 Å². The van der Waals surface area contributed by atoms with Crippen molar-refractivity contribution in [2.75, 3.05) is 6.26 Å². The number of nitrogens with one attached hydrogen (secondary N) is 1. The van der Waals surface area contributed by atoms with Crippen molar-refractivity contribution in [2.24, 2.45) is 0 Å². The van der Waals surface area contributed by atoms with Crippen LogP contribution in [0, 0.1) is 6.92 Å². The molecule has 1 aliphatic carbocycles. The molecule has 4 rings (SSSR count). The van der Waals surface area contributed by atoms with E-state index in [1.165, 1.54) is 37.3 Å². The zero-order valence-electron chi connectivity index (χ0n) is 20.9. The van der Waals surface area contributed by atoms with Crippen molar-refractivity contribution < 1.29 is 34.8 Å². The van der Waals surface area contributed by atoms with E-state index in [0.29, 0.717) is 18.4 Å². The monoisotopic (exact) mass is 582 g/mol. The number of rotatable bonds is 8. The average Bonchev–Trinajstić information content (AvgIpc) is 3.70. The first-order valence-electron chi connectivity index (χ1n) is 11.8. The summed E-state index contributed by atoms with van der Waals surface area (Å²) in [6, 6.07) is 11.0. The van der Waals surface area contributed by atoms with Gasteiger partial charge in [-0.05, 0) is 67.3 Å². The van der Waals surface area contributed by atoms with Crippen LogP contribution in [-0.2, 0) is 38.1 Å². The van der Waals surface area contributed by atoms with Crippen molar-refractivity contribution in [1.29, 1.82) is 0 Å². The molecule has 0 unspecified atom stereocenters. The third-order valence-electron chi connectivity index (χ3n) is 6.31. The van der Waals surface area contributed by atoms with E-state index in [1.807, 2.05) is 0 Å². The van der Waals surface area contributed by atoms with Gasteiger partial charge in [0.15, 0.2) is 19.7 Å². The minimum Gasteiger partial charge on any atom is -0.348 e. The second-order valence-electron chi connectivity index (χ2n) is 9.50. The van der Waals surface area contributed by atoms with E-state index in [9.17, 15) is 39.6 Å². The summed E-state index contributed by atoms with van der Waals surface area (Å²) in [6.45, 7) is 1.31. The molecule has 2 aromatic carbocycles. The van der Waals surface area contributed by atoms with Crippen LogP contribution >= 0.6 is 0 Å². The highest BCUT2D eigenvalue weighted by Crippen LogP contribution is 2.33. The molecule has 0 aliphatic heterocycles. The molecule has 0 saturated heterocycles. The lowest BCUT2D eigenvalue weighted by atomic mass is 10.1. The Balaban J connectivity index is 1.68. The van der Waals surface area contributed by atoms with Crippen LogP contribution in [0.3, 0.4) is 0 Å². The Morgan fingerprint density at radius 1 is 1.03 bits per heavy atom. The van der Waals surface area contributed by atoms with Gasteiger partial charge in [0.05, 0.1) is 21.5 Å². The quantitative estimate of drug-likeness (QED) is 0.434. The Morgan fingerprint density at radius 2 is 1.67 bits per heavy atom. The Hall–Kier alpha value is -3.45. The largest absolute Gasteiger partial charge is 0.416 e. The van der Waals surface area contributed by atoms with E-state index in [2.05, 4.69) is 5.32 Å². The smallest absolute Gasteiger partial charge is 0.348 e. The first kappa shape index (κ1) is 28.6. The van der Waals surface area contributed by atoms with E-state index in [1.54, 1.807) is 0 Å². The van der Waals surface area contributed by atoms with Gasteiger partial charge in [0.1, 0.15) is 5.56 Å². The fourth-order valence-electron chi connectivity index (χ4n) is 4.13. The van der Waals surface area contributed by atoms with Gasteiger partial charge in [-0.15, -0.1) is 0 Å². The van der Waals surface area contributed by atoms with Crippen molar-refractivity contribution in [2.45, 2.75) is 48.4 Å². The fraction of sp³-hybridized carbons (Fsp3) is 0.308. The number of amides is 1. The lowest BCUT2D eigenvalue weighted by Crippen LogP contribution is -2.34. The predicted octanol–water partition coefficient (Wildman–Crippen LogP) is 3.58. The number of aromatic nitrogens is 1. The molecule has 1 amide bonds. The number of hydrogen-bond donors (Lipinski definition) is 1. The molecule has 208 valence electrons. The number of carbonyl (C=O) groups excluding carboxylic acids is 1. The van der Waals surface area contributed by atoms with Crippen molar-refractivity contribution in [3.63, 3.8) is 0 Å². The summed E-state index contributed by atoms with van der Waals surface area (Å²) in [4.78, 5) is 26.6. The summed E-state index contributed by atoms with van der Waals surface area (Å²) >= 11 is 0. The Kier molecular flexibility index (Phi) is 7.52. The molecule has 0 atom stereocenters. The number of benzene rings is 2. The van der Waals surface area contributed by atoms with E-state index in [-0.39, 0.29) is 33.6 Å². The fourth-order valence-corrected chi connectivity index (χ4v) is 6.64. The third kappa shape index (κ3) is 6.41. The maximum Gasteiger partial charge on any atom is 0.416 e. The van der Waals surface area contributed by atoms with Crippen LogP contribution in [0.4, 0.5) is 13.2 Å². The lowest BCUT2D eigenvalue weighted by Gasteiger charge is -2.17. The van der Waals surface area contributed by atoms with Crippen LogP contribution < -0.4 is 10.9 Å². The number of nitrogens with zero attached hydrogens (tertiary/aromatic N) is 1. The van der Waals surface area contributed by atoms with Crippen molar-refractivity contribution in [1.82, 2.24) is 9.88 Å². The highest BCUT2D eigenvalue weighted by molar-refractivity contribution is 7.92. The molecular formula is C26H25F3N2O6S2. The number of halogens is 3. The molecule has 8 nitrogen and oxygen atoms in total. The van der Waals surface area contributed by atoms with Gasteiger partial charge >= 0.3 is 6.18 Å². The molecular weight excluding hydrogens is 557 g/mol. The predicted molar refractivity (Wildman–Crippen MR) is 138 cm³/mol. The minimum absolute atomic E-state index is 0.0776. The SMILES string of the molecule is Cc1c(CS(C)(=O)=O)cc(C(=O)NCc2ccc(S(=O)(=O)C3CC3)cc2)c(=O)n1-c1cccc(C(F)(F)F)c1. The summed E-state index contributed by atoms with van der Waals surface area (Å²) in [5, 5.41) is 2.17. The molecule has 0 bridgehead atoms. The summed E-state index contributed by atoms with van der Waals surface area (Å²) in [5.74, 6) is -1.42. The Labute approximate surface area is 223 Å². The minimum atomic E-state index is -4.69. The Bertz CT molecular complexity index is 1710. The molecule has 39 heavy (non-hydrogen) atoms. The number of hydrogen-bond acceptors (Lipinski definition) is 6. The first-order valence-corrected chi connectivity index (χ1v) is 15.4. The van der Waals surface area contributed by atoms with Crippen LogP contribution in [0.1, 0.15) is 45.6 Å². The maximum atomic E-state index is 13.4. The zero-order chi connectivity index (χ0) is 28.8. The molecule has 1 N–H and O–H groups in total. The lowest BCUT2D eigenvalue weighted by molar-refractivity contribution is -0.137. The van der Waals surface area contributed by atoms with Crippen LogP contribution in [0.25, 0.3) is 5.69 Å². The number of alkyl halides is 3. The number of carbonyl (C=O) groups is 1. The first-order chi connectivity index (χ1) is 18.1. The highest BCUT2D eigenvalue weighted by Gasteiger charge is 2.36. The summed E-state index contributed by atoms with van der Waals surface area (Å²) in [5.41, 5.74) is -1.87. The second kappa shape index (κ2) is 10.3. The van der Waals surface area contributed by atoms with Crippen molar-refractivity contribution >= 4 is 25.6 Å². The number of pyridine rings is 1. The molecule has 1 aliphatic rings. The van der Waals surface area contributed by atoms with Gasteiger partial charge < -0.3 is 5.32 Å². The van der Waals surface area contributed by atoms with Crippen molar-refractivity contribution in [3.05, 3.63) is 92.9 Å². The summed E-state index contributed by atoms with van der Waals surface area (Å²) < 4.78 is 89.6. The van der Waals surface area contributed by atoms with Gasteiger partial charge in [0.25, 0.3) is 11.5 Å². The van der Waals surface area contributed by atoms with Gasteiger partial charge in [-0.25, -0.2) is 16.8 Å². The van der Waals surface area contributed by atoms with Crippen LogP contribution in [-0.4, -0.2) is 38.8 Å². The van der Waals surface area contributed by atoms with E-state index >= 15 is 0 Å². The number of sulfone groups is 2. The standard InChI is InChI=1S/C26H25F3N2O6S2/c1-16-18(15-38(2,34)35)12-23(25(33)31(16)20-5-3-4-19(13-20)26(27,28)29)24(32)30-14-17-6-8-21(9-7-17)39(36,37)22-10-11-22/h3-9,12-13,22H,10-11,14-15H2,1-2H3,(H,30,32). The Morgan fingerprint density at radius 3 is 2.23 bits per heavy atom. The molecule has 3 aromatic rings. The molecule has 0 radical (unpaired) electrons. The molecule has 1 heterocycles. The van der Waals surface area contributed by atoms with Crippen LogP contribution in [0.5, 0.6) is 0 Å². The second-order valence-corrected chi connectivity index (χ2v) is 13.9.